The number of carbonyl (C=O) groups is 4. The van der Waals surface area contributed by atoms with Crippen LogP contribution in [0.1, 0.15) is 46.5 Å². The van der Waals surface area contributed by atoms with Crippen LogP contribution in [0.4, 0.5) is 0 Å². The molecule has 11 N–H and O–H groups in total. The second-order valence-corrected chi connectivity index (χ2v) is 44.6. The second kappa shape index (κ2) is 27.5. The normalized spacial score (nSPS) is 36.3. The maximum atomic E-state index is 11.3. The van der Waals surface area contributed by atoms with Gasteiger partial charge in [0, 0.05) is 49.1 Å². The predicted octanol–water partition coefficient (Wildman–Crippen LogP) is 1.37. The van der Waals surface area contributed by atoms with Crippen LogP contribution >= 0.6 is 27.5 Å². The number of nitrogens with one attached hydrogen (secondary N) is 4. The molecule has 5 saturated heterocycles. The second-order valence-electron chi connectivity index (χ2n) is 27.3. The highest BCUT2D eigenvalue weighted by Crippen LogP contribution is 2.49. The lowest BCUT2D eigenvalue weighted by Gasteiger charge is -2.38. The fourth-order valence-corrected chi connectivity index (χ4v) is 14.9. The number of fused-ring (bicyclic) bond motifs is 2. The van der Waals surface area contributed by atoms with Crippen molar-refractivity contribution in [1.29, 1.82) is 0 Å². The maximum absolute atomic E-state index is 11.3. The van der Waals surface area contributed by atoms with E-state index in [-0.39, 0.29) is 23.6 Å². The Bertz CT molecular complexity index is 2890. The van der Waals surface area contributed by atoms with E-state index in [1.54, 1.807) is 18.0 Å². The minimum absolute atomic E-state index is 0.218. The van der Waals surface area contributed by atoms with Crippen molar-refractivity contribution in [3.05, 3.63) is 98.7 Å². The Balaban J connectivity index is 0.000000187. The standard InChI is InChI=1S/C15H23N2O4P.3C15H25N2O4P/c1-10-16-11(18)5-7-17(10)14-12-13(19)15(21-14,9-20-12)6-8-22(2,3)4;2*1-10-16-12(18)6-8-17(10)14-15(2,20)13(19)11(21-14)7-9-22(3,4)5;1-10-16-11(18)6-8-17(10)14-12(19)13(20)15(2,21-14)7-9-22(3,4)5/h5,7,12-14,19H,1-2,6,8-9H2,3-4H3,(H,16,18);2*6,8,11,13-14,19-20H,1,3,7,9H2,2,4-5H3,(H,16,18);6,8,12-14,19-20H,1,3,7,9H2,2,4-5H3,(H,16,18)/t12-,13+,14-,15+;11-,13-,14-,15+;11-,13-,14-,15-;12-,13+,14-,15-/m1111/s1. The van der Waals surface area contributed by atoms with Gasteiger partial charge in [-0.3, -0.25) is 19.2 Å². The molecule has 0 spiro atoms. The lowest BCUT2D eigenvalue weighted by molar-refractivity contribution is -0.182. The number of aliphatic hydroxyl groups excluding tert-OH is 5. The van der Waals surface area contributed by atoms with E-state index >= 15 is 0 Å². The molecule has 28 heteroatoms. The molecule has 0 unspecified atom stereocenters. The molecule has 9 rings (SSSR count). The molecule has 5 fully saturated rings. The summed E-state index contributed by atoms with van der Waals surface area (Å²) in [7, 11) is 0. The third-order valence-corrected chi connectivity index (χ3v) is 22.3. The molecule has 9 aliphatic rings. The van der Waals surface area contributed by atoms with Crippen molar-refractivity contribution < 1.29 is 78.6 Å². The molecule has 2 bridgehead atoms. The first-order valence-corrected chi connectivity index (χ1v) is 41.2. The van der Waals surface area contributed by atoms with Crippen LogP contribution in [0.2, 0.25) is 0 Å². The summed E-state index contributed by atoms with van der Waals surface area (Å²) >= 11 is 0. The summed E-state index contributed by atoms with van der Waals surface area (Å²) in [6, 6.07) is 0. The molecular weight excluding hydrogens is 1210 g/mol. The lowest BCUT2D eigenvalue weighted by Crippen LogP contribution is -2.53. The number of hydrogen-bond acceptors (Lipinski definition) is 20. The van der Waals surface area contributed by atoms with Crippen molar-refractivity contribution in [3.63, 3.8) is 0 Å². The number of rotatable bonds is 16. The molecule has 0 aromatic carbocycles. The van der Waals surface area contributed by atoms with Crippen molar-refractivity contribution in [2.45, 2.75) is 143 Å². The van der Waals surface area contributed by atoms with Crippen LogP contribution in [0.5, 0.6) is 0 Å². The highest BCUT2D eigenvalue weighted by molar-refractivity contribution is 7.73. The Hall–Kier alpha value is -4.28. The number of amides is 4. The molecule has 24 nitrogen and oxygen atoms in total. The summed E-state index contributed by atoms with van der Waals surface area (Å²) in [6.07, 6.45) is 25.3. The zero-order chi connectivity index (χ0) is 66.2. The summed E-state index contributed by atoms with van der Waals surface area (Å²) in [5.41, 5.74) is -4.47. The van der Waals surface area contributed by atoms with Gasteiger partial charge in [-0.15, -0.1) is 52.7 Å². The van der Waals surface area contributed by atoms with E-state index in [0.717, 1.165) is 31.1 Å². The topological polar surface area (TPSA) is 317 Å². The van der Waals surface area contributed by atoms with Crippen LogP contribution in [0, 0.1) is 0 Å². The number of ether oxygens (including phenoxy) is 5. The van der Waals surface area contributed by atoms with Gasteiger partial charge in [-0.25, -0.2) is 0 Å². The Morgan fingerprint density at radius 2 is 0.841 bits per heavy atom. The van der Waals surface area contributed by atoms with Crippen LogP contribution in [0.25, 0.3) is 0 Å². The lowest BCUT2D eigenvalue weighted by atomic mass is 9.94. The average molecular weight is 1310 g/mol. The SMILES string of the molecule is C=C1NC(=O)C=CN1[C@@H]1O[C@@]2(CCP(=C)(C)C)CO[C@@H]1[C@@H]2O.C=C1NC(=O)C=CN1[C@@H]1O[C@H](CCP(=C)(C)C)[C@@H](O)[C@@]1(C)O.C=C1NC(=O)C=CN1[C@@H]1O[C@H](CCP(=C)(C)C)[C@@H](O)[C@]1(C)O.C=C1NC(=O)C=CN1[C@@H]1O[C@](C)(CCP(=C)(C)C)[C@@H](O)[C@H]1O. The van der Waals surface area contributed by atoms with E-state index in [2.05, 4.69) is 126 Å². The third kappa shape index (κ3) is 17.6. The summed E-state index contributed by atoms with van der Waals surface area (Å²) in [4.78, 5) is 51.5. The van der Waals surface area contributed by atoms with E-state index in [0.29, 0.717) is 49.2 Å². The third-order valence-electron chi connectivity index (χ3n) is 16.5. The number of carbonyl (C=O) groups excluding carboxylic acids is 4. The quantitative estimate of drug-likeness (QED) is 0.0973. The van der Waals surface area contributed by atoms with E-state index in [1.807, 2.05) is 0 Å². The Labute approximate surface area is 519 Å². The van der Waals surface area contributed by atoms with Crippen molar-refractivity contribution in [1.82, 2.24) is 40.9 Å². The van der Waals surface area contributed by atoms with E-state index in [1.165, 1.54) is 71.5 Å². The Kier molecular flexibility index (Phi) is 22.7. The minimum atomic E-state index is -1.47. The number of nitrogens with zero attached hydrogens (tertiary/aromatic N) is 4. The Morgan fingerprint density at radius 1 is 0.500 bits per heavy atom. The van der Waals surface area contributed by atoms with Gasteiger partial charge in [0.2, 0.25) is 0 Å². The highest BCUT2D eigenvalue weighted by Gasteiger charge is 2.63. The largest absolute Gasteiger partial charge is 0.387 e. The van der Waals surface area contributed by atoms with Gasteiger partial charge in [0.15, 0.2) is 24.9 Å². The molecule has 16 atom stereocenters. The summed E-state index contributed by atoms with van der Waals surface area (Å²) in [5.74, 6) is 0.328. The maximum Gasteiger partial charge on any atom is 0.250 e. The summed E-state index contributed by atoms with van der Waals surface area (Å²) < 4.78 is 29.7. The minimum Gasteiger partial charge on any atom is -0.387 e. The van der Waals surface area contributed by atoms with Gasteiger partial charge in [-0.05, 0) is 124 Å². The van der Waals surface area contributed by atoms with E-state index in [4.69, 9.17) is 23.7 Å². The molecule has 9 aliphatic heterocycles. The van der Waals surface area contributed by atoms with Gasteiger partial charge in [0.25, 0.3) is 23.6 Å². The molecule has 0 aromatic heterocycles. The number of hydrogen-bond donors (Lipinski definition) is 11. The predicted molar refractivity (Wildman–Crippen MR) is 354 cm³/mol. The highest BCUT2D eigenvalue weighted by atomic mass is 31.2. The molecule has 88 heavy (non-hydrogen) atoms. The van der Waals surface area contributed by atoms with Crippen LogP contribution in [0.15, 0.2) is 98.7 Å². The van der Waals surface area contributed by atoms with Crippen molar-refractivity contribution >= 4 is 76.4 Å². The van der Waals surface area contributed by atoms with E-state index in [9.17, 15) is 54.9 Å². The molecule has 4 amide bonds. The summed E-state index contributed by atoms with van der Waals surface area (Å²) in [6.45, 7) is 32.5. The smallest absolute Gasteiger partial charge is 0.250 e. The van der Waals surface area contributed by atoms with Crippen molar-refractivity contribution in [3.8, 4) is 0 Å². The molecule has 0 aromatic rings. The van der Waals surface area contributed by atoms with Gasteiger partial charge >= 0.3 is 0 Å². The van der Waals surface area contributed by atoms with Gasteiger partial charge in [-0.2, -0.15) is 0 Å². The molecule has 0 aliphatic carbocycles. The number of aliphatic hydroxyl groups is 7. The van der Waals surface area contributed by atoms with E-state index < -0.39 is 124 Å². The zero-order valence-electron chi connectivity index (χ0n) is 53.0. The van der Waals surface area contributed by atoms with Crippen LogP contribution < -0.4 is 21.3 Å². The average Bonchev–Trinajstić information content (AvgIpc) is 1.61. The monoisotopic (exact) mass is 1310 g/mol. The van der Waals surface area contributed by atoms with Gasteiger partial charge < -0.3 is 100 Å². The molecule has 0 radical (unpaired) electrons. The van der Waals surface area contributed by atoms with Gasteiger partial charge in [-0.1, -0.05) is 26.3 Å². The first kappa shape index (κ1) is 72.8. The molecule has 494 valence electrons. The summed E-state index contributed by atoms with van der Waals surface area (Å²) in [5, 5.41) is 83.7. The van der Waals surface area contributed by atoms with Crippen LogP contribution in [-0.2, 0) is 42.9 Å². The Morgan fingerprint density at radius 3 is 1.19 bits per heavy atom. The fourth-order valence-electron chi connectivity index (χ4n) is 11.0. The first-order chi connectivity index (χ1) is 40.3. The van der Waals surface area contributed by atoms with Crippen molar-refractivity contribution in [2.24, 2.45) is 0 Å². The fraction of sp³-hybridized carbons (Fsp3) is 0.600. The van der Waals surface area contributed by atoms with Crippen LogP contribution in [0.3, 0.4) is 0 Å². The zero-order valence-corrected chi connectivity index (χ0v) is 56.5. The van der Waals surface area contributed by atoms with Gasteiger partial charge in [0.05, 0.1) is 24.4 Å². The van der Waals surface area contributed by atoms with Gasteiger partial charge in [0.1, 0.15) is 76.7 Å². The molecule has 0 saturated carbocycles. The molecular formula is C60H98N8O16P4. The molecule has 9 heterocycles. The van der Waals surface area contributed by atoms with Crippen molar-refractivity contribution in [2.75, 3.05) is 84.6 Å². The van der Waals surface area contributed by atoms with Crippen LogP contribution in [-0.4, -0.2) is 285 Å². The first-order valence-electron chi connectivity index (χ1n) is 29.0.